The van der Waals surface area contributed by atoms with E-state index in [0.29, 0.717) is 5.89 Å². The van der Waals surface area contributed by atoms with Crippen LogP contribution in [0.2, 0.25) is 5.02 Å². The van der Waals surface area contributed by atoms with Gasteiger partial charge in [0.15, 0.2) is 5.58 Å². The number of fused-ring (bicyclic) bond motifs is 10. The molecule has 3 heteroatoms. The van der Waals surface area contributed by atoms with E-state index in [4.69, 9.17) is 21.0 Å². The Hall–Kier alpha value is -4.14. The van der Waals surface area contributed by atoms with Gasteiger partial charge in [-0.05, 0) is 74.1 Å². The molecule has 0 unspecified atom stereocenters. The highest BCUT2D eigenvalue weighted by Crippen LogP contribution is 2.49. The van der Waals surface area contributed by atoms with Crippen molar-refractivity contribution in [1.29, 1.82) is 0 Å². The first-order valence-corrected chi connectivity index (χ1v) is 13.0. The first-order chi connectivity index (χ1) is 18.0. The molecule has 1 aromatic heterocycles. The largest absolute Gasteiger partial charge is 0.435 e. The maximum absolute atomic E-state index is 6.62. The van der Waals surface area contributed by atoms with Gasteiger partial charge in [0, 0.05) is 26.8 Å². The van der Waals surface area contributed by atoms with Crippen LogP contribution in [0.1, 0.15) is 25.0 Å². The molecule has 37 heavy (non-hydrogen) atoms. The molecular weight excluding hydrogens is 474 g/mol. The van der Waals surface area contributed by atoms with Crippen LogP contribution in [-0.2, 0) is 5.41 Å². The van der Waals surface area contributed by atoms with Crippen LogP contribution in [0.4, 0.5) is 0 Å². The number of rotatable bonds is 1. The van der Waals surface area contributed by atoms with Gasteiger partial charge in [-0.25, -0.2) is 4.98 Å². The molecule has 0 saturated heterocycles. The SMILES string of the molecule is CC1(C)c2ccccc2-c2ccc(-c3nc4ccc5ccc6ccc7cc(Cl)ccc7c6c5c4o3)cc21. The molecule has 2 nitrogen and oxygen atoms in total. The summed E-state index contributed by atoms with van der Waals surface area (Å²) in [6.07, 6.45) is 0. The first kappa shape index (κ1) is 21.0. The predicted molar refractivity (Wildman–Crippen MR) is 155 cm³/mol. The molecule has 0 saturated carbocycles. The number of hydrogen-bond donors (Lipinski definition) is 0. The van der Waals surface area contributed by atoms with Crippen LogP contribution >= 0.6 is 11.6 Å². The molecule has 0 spiro atoms. The summed E-state index contributed by atoms with van der Waals surface area (Å²) in [5.41, 5.74) is 7.90. The third-order valence-corrected chi connectivity index (χ3v) is 8.36. The number of oxazole rings is 1. The summed E-state index contributed by atoms with van der Waals surface area (Å²) in [6, 6.07) is 34.2. The Balaban J connectivity index is 1.39. The molecule has 0 bridgehead atoms. The number of halogens is 1. The van der Waals surface area contributed by atoms with E-state index in [1.54, 1.807) is 0 Å². The number of aromatic nitrogens is 1. The van der Waals surface area contributed by atoms with E-state index in [-0.39, 0.29) is 5.41 Å². The van der Waals surface area contributed by atoms with Crippen molar-refractivity contribution in [1.82, 2.24) is 4.98 Å². The molecule has 1 aliphatic rings. The van der Waals surface area contributed by atoms with Crippen molar-refractivity contribution in [3.63, 3.8) is 0 Å². The molecule has 7 aromatic rings. The van der Waals surface area contributed by atoms with Crippen molar-refractivity contribution < 1.29 is 4.42 Å². The normalized spacial score (nSPS) is 14.0. The molecule has 0 atom stereocenters. The van der Waals surface area contributed by atoms with E-state index in [9.17, 15) is 0 Å². The molecule has 0 amide bonds. The molecule has 1 heterocycles. The average molecular weight is 496 g/mol. The van der Waals surface area contributed by atoms with E-state index in [1.165, 1.54) is 33.0 Å². The van der Waals surface area contributed by atoms with Gasteiger partial charge in [-0.3, -0.25) is 0 Å². The van der Waals surface area contributed by atoms with Gasteiger partial charge in [0.1, 0.15) is 5.52 Å². The van der Waals surface area contributed by atoms with Crippen molar-refractivity contribution >= 4 is 55.0 Å². The lowest BCUT2D eigenvalue weighted by molar-refractivity contribution is 0.621. The second kappa shape index (κ2) is 7.21. The molecule has 0 N–H and O–H groups in total. The molecule has 8 rings (SSSR count). The summed E-state index contributed by atoms with van der Waals surface area (Å²) in [7, 11) is 0. The number of benzene rings is 6. The Bertz CT molecular complexity index is 2080. The Morgan fingerprint density at radius 2 is 1.41 bits per heavy atom. The lowest BCUT2D eigenvalue weighted by Crippen LogP contribution is -2.14. The summed E-state index contributed by atoms with van der Waals surface area (Å²) in [5, 5.41) is 7.59. The quantitative estimate of drug-likeness (QED) is 0.212. The smallest absolute Gasteiger partial charge is 0.227 e. The van der Waals surface area contributed by atoms with Crippen molar-refractivity contribution in [2.45, 2.75) is 19.3 Å². The van der Waals surface area contributed by atoms with Crippen LogP contribution in [0.3, 0.4) is 0 Å². The Kier molecular flexibility index (Phi) is 4.09. The van der Waals surface area contributed by atoms with E-state index in [2.05, 4.69) is 98.8 Å². The van der Waals surface area contributed by atoms with Crippen molar-refractivity contribution in [3.05, 3.63) is 113 Å². The minimum absolute atomic E-state index is 0.0724. The van der Waals surface area contributed by atoms with Crippen LogP contribution in [0.25, 0.3) is 66.0 Å². The molecule has 176 valence electrons. The number of nitrogens with zero attached hydrogens (tertiary/aromatic N) is 1. The van der Waals surface area contributed by atoms with Crippen molar-refractivity contribution in [2.75, 3.05) is 0 Å². The Labute approximate surface area is 219 Å². The van der Waals surface area contributed by atoms with Crippen LogP contribution in [-0.4, -0.2) is 4.98 Å². The summed E-state index contributed by atoms with van der Waals surface area (Å²) < 4.78 is 6.62. The van der Waals surface area contributed by atoms with Crippen LogP contribution in [0, 0.1) is 0 Å². The maximum Gasteiger partial charge on any atom is 0.227 e. The monoisotopic (exact) mass is 495 g/mol. The molecule has 1 aliphatic carbocycles. The summed E-state index contributed by atoms with van der Waals surface area (Å²) >= 11 is 6.32. The Morgan fingerprint density at radius 1 is 0.676 bits per heavy atom. The lowest BCUT2D eigenvalue weighted by Gasteiger charge is -2.21. The standard InChI is InChI=1S/C34H22ClNO/c1-34(2)27-6-4-3-5-25(27)26-14-11-22(18-28(26)34)33-36-29-16-12-20-8-7-19-9-10-21-17-23(35)13-15-24(21)30(19)31(20)32(29)37-33/h3-18H,1-2H3. The zero-order valence-corrected chi connectivity index (χ0v) is 21.2. The fourth-order valence-corrected chi connectivity index (χ4v) is 6.46. The van der Waals surface area contributed by atoms with Gasteiger partial charge in [-0.1, -0.05) is 92.2 Å². The van der Waals surface area contributed by atoms with Crippen LogP contribution < -0.4 is 0 Å². The minimum Gasteiger partial charge on any atom is -0.435 e. The van der Waals surface area contributed by atoms with Crippen LogP contribution in [0.5, 0.6) is 0 Å². The summed E-state index contributed by atoms with van der Waals surface area (Å²) in [5.74, 6) is 0.650. The van der Waals surface area contributed by atoms with Crippen LogP contribution in [0.15, 0.2) is 101 Å². The van der Waals surface area contributed by atoms with Gasteiger partial charge < -0.3 is 4.42 Å². The van der Waals surface area contributed by atoms with E-state index < -0.39 is 0 Å². The molecule has 0 aliphatic heterocycles. The summed E-state index contributed by atoms with van der Waals surface area (Å²) in [4.78, 5) is 4.97. The van der Waals surface area contributed by atoms with E-state index >= 15 is 0 Å². The molecule has 6 aromatic carbocycles. The molecular formula is C34H22ClNO. The zero-order chi connectivity index (χ0) is 24.9. The van der Waals surface area contributed by atoms with Gasteiger partial charge in [0.2, 0.25) is 5.89 Å². The predicted octanol–water partition coefficient (Wildman–Crippen LogP) is 9.91. The highest BCUT2D eigenvalue weighted by molar-refractivity contribution is 6.32. The highest BCUT2D eigenvalue weighted by atomic mass is 35.5. The highest BCUT2D eigenvalue weighted by Gasteiger charge is 2.35. The average Bonchev–Trinajstić information content (AvgIpc) is 3.45. The Morgan fingerprint density at radius 3 is 2.27 bits per heavy atom. The fraction of sp³-hybridized carbons (Fsp3) is 0.0882. The topological polar surface area (TPSA) is 26.0 Å². The third-order valence-electron chi connectivity index (χ3n) is 8.13. The van der Waals surface area contributed by atoms with Crippen molar-refractivity contribution in [3.8, 4) is 22.6 Å². The zero-order valence-electron chi connectivity index (χ0n) is 20.5. The second-order valence-electron chi connectivity index (χ2n) is 10.6. The van der Waals surface area contributed by atoms with Gasteiger partial charge in [0.25, 0.3) is 0 Å². The third kappa shape index (κ3) is 2.85. The summed E-state index contributed by atoms with van der Waals surface area (Å²) in [6.45, 7) is 4.59. The minimum atomic E-state index is -0.0724. The fourth-order valence-electron chi connectivity index (χ4n) is 6.28. The molecule has 0 fully saturated rings. The van der Waals surface area contributed by atoms with Crippen molar-refractivity contribution in [2.24, 2.45) is 0 Å². The van der Waals surface area contributed by atoms with E-state index in [0.717, 1.165) is 43.2 Å². The number of hydrogen-bond acceptors (Lipinski definition) is 2. The first-order valence-electron chi connectivity index (χ1n) is 12.6. The van der Waals surface area contributed by atoms with Gasteiger partial charge in [-0.15, -0.1) is 0 Å². The maximum atomic E-state index is 6.62. The van der Waals surface area contributed by atoms with Gasteiger partial charge in [0.05, 0.1) is 0 Å². The lowest BCUT2D eigenvalue weighted by atomic mass is 9.82. The van der Waals surface area contributed by atoms with Gasteiger partial charge in [-0.2, -0.15) is 0 Å². The second-order valence-corrected chi connectivity index (χ2v) is 11.0. The van der Waals surface area contributed by atoms with E-state index in [1.807, 2.05) is 12.1 Å². The molecule has 0 radical (unpaired) electrons. The van der Waals surface area contributed by atoms with Gasteiger partial charge >= 0.3 is 0 Å².